The van der Waals surface area contributed by atoms with Gasteiger partial charge < -0.3 is 5.32 Å². The standard InChI is InChI=1S/C17H18F2N2O3S/c1-17(2,3)25(23,24)21-13-7-4-11(5-8-13)16(22)20-15-9-6-12(18)10-14(15)19/h4-10,21H,1-3H3,(H,20,22). The van der Waals surface area contributed by atoms with Crippen molar-refractivity contribution in [2.45, 2.75) is 25.5 Å². The summed E-state index contributed by atoms with van der Waals surface area (Å²) in [5, 5.41) is 2.33. The largest absolute Gasteiger partial charge is 0.319 e. The van der Waals surface area contributed by atoms with Crippen molar-refractivity contribution in [3.8, 4) is 0 Å². The number of hydrogen-bond donors (Lipinski definition) is 2. The summed E-state index contributed by atoms with van der Waals surface area (Å²) in [5.41, 5.74) is 0.353. The molecule has 0 saturated carbocycles. The first-order chi connectivity index (χ1) is 11.5. The van der Waals surface area contributed by atoms with Gasteiger partial charge in [-0.2, -0.15) is 0 Å². The SMILES string of the molecule is CC(C)(C)S(=O)(=O)Nc1ccc(C(=O)Nc2ccc(F)cc2F)cc1. The molecule has 2 N–H and O–H groups in total. The maximum atomic E-state index is 13.6. The molecule has 8 heteroatoms. The minimum absolute atomic E-state index is 0.149. The van der Waals surface area contributed by atoms with Crippen molar-refractivity contribution in [1.82, 2.24) is 0 Å². The van der Waals surface area contributed by atoms with Gasteiger partial charge in [-0.3, -0.25) is 9.52 Å². The van der Waals surface area contributed by atoms with E-state index in [2.05, 4.69) is 10.0 Å². The zero-order valence-electron chi connectivity index (χ0n) is 13.9. The van der Waals surface area contributed by atoms with Gasteiger partial charge in [0.05, 0.1) is 10.4 Å². The van der Waals surface area contributed by atoms with Crippen LogP contribution in [-0.4, -0.2) is 19.1 Å². The third-order valence-electron chi connectivity index (χ3n) is 3.38. The molecule has 0 heterocycles. The average Bonchev–Trinajstić information content (AvgIpc) is 2.49. The van der Waals surface area contributed by atoms with Crippen molar-refractivity contribution in [2.75, 3.05) is 10.0 Å². The second kappa shape index (κ2) is 6.79. The van der Waals surface area contributed by atoms with Gasteiger partial charge in [0.2, 0.25) is 10.0 Å². The summed E-state index contributed by atoms with van der Waals surface area (Å²) in [6, 6.07) is 8.48. The van der Waals surface area contributed by atoms with Crippen molar-refractivity contribution in [2.24, 2.45) is 0 Å². The molecule has 0 bridgehead atoms. The molecule has 25 heavy (non-hydrogen) atoms. The summed E-state index contributed by atoms with van der Waals surface area (Å²) in [5.74, 6) is -2.23. The molecule has 0 spiro atoms. The fraction of sp³-hybridized carbons (Fsp3) is 0.235. The van der Waals surface area contributed by atoms with Crippen LogP contribution < -0.4 is 10.0 Å². The molecule has 0 aromatic heterocycles. The number of carbonyl (C=O) groups excluding carboxylic acids is 1. The van der Waals surface area contributed by atoms with Crippen LogP contribution in [0.4, 0.5) is 20.2 Å². The van der Waals surface area contributed by atoms with E-state index in [0.29, 0.717) is 11.8 Å². The second-order valence-electron chi connectivity index (χ2n) is 6.37. The number of halogens is 2. The van der Waals surface area contributed by atoms with Crippen molar-refractivity contribution in [3.05, 3.63) is 59.7 Å². The number of nitrogens with one attached hydrogen (secondary N) is 2. The number of carbonyl (C=O) groups is 1. The summed E-state index contributed by atoms with van der Waals surface area (Å²) >= 11 is 0. The number of anilines is 2. The first-order valence-electron chi connectivity index (χ1n) is 7.38. The van der Waals surface area contributed by atoms with Gasteiger partial charge in [-0.1, -0.05) is 0 Å². The number of benzene rings is 2. The van der Waals surface area contributed by atoms with Crippen molar-refractivity contribution >= 4 is 27.3 Å². The van der Waals surface area contributed by atoms with E-state index < -0.39 is 32.3 Å². The second-order valence-corrected chi connectivity index (χ2v) is 8.81. The van der Waals surface area contributed by atoms with Crippen LogP contribution in [0.15, 0.2) is 42.5 Å². The Morgan fingerprint density at radius 2 is 1.60 bits per heavy atom. The van der Waals surface area contributed by atoms with E-state index in [1.54, 1.807) is 20.8 Å². The van der Waals surface area contributed by atoms with Gasteiger partial charge >= 0.3 is 0 Å². The van der Waals surface area contributed by atoms with Gasteiger partial charge in [-0.25, -0.2) is 17.2 Å². The van der Waals surface area contributed by atoms with Gasteiger partial charge in [0.1, 0.15) is 11.6 Å². The van der Waals surface area contributed by atoms with Crippen LogP contribution in [0.1, 0.15) is 31.1 Å². The summed E-state index contributed by atoms with van der Waals surface area (Å²) in [6.45, 7) is 4.69. The van der Waals surface area contributed by atoms with Crippen LogP contribution in [0.2, 0.25) is 0 Å². The Labute approximate surface area is 145 Å². The Balaban J connectivity index is 2.13. The van der Waals surface area contributed by atoms with Crippen molar-refractivity contribution < 1.29 is 22.0 Å². The molecule has 0 saturated heterocycles. The highest BCUT2D eigenvalue weighted by Gasteiger charge is 2.28. The predicted molar refractivity (Wildman–Crippen MR) is 93.0 cm³/mol. The van der Waals surface area contributed by atoms with Crippen molar-refractivity contribution in [1.29, 1.82) is 0 Å². The van der Waals surface area contributed by atoms with Gasteiger partial charge in [0.25, 0.3) is 5.91 Å². The number of rotatable bonds is 4. The van der Waals surface area contributed by atoms with Crippen LogP contribution in [0.25, 0.3) is 0 Å². The molecule has 2 rings (SSSR count). The van der Waals surface area contributed by atoms with E-state index in [0.717, 1.165) is 12.1 Å². The van der Waals surface area contributed by atoms with E-state index in [1.807, 2.05) is 0 Å². The molecule has 0 aliphatic heterocycles. The molecule has 134 valence electrons. The minimum atomic E-state index is -3.58. The van der Waals surface area contributed by atoms with Crippen LogP contribution in [0.5, 0.6) is 0 Å². The lowest BCUT2D eigenvalue weighted by Gasteiger charge is -2.20. The van der Waals surface area contributed by atoms with Gasteiger partial charge in [-0.15, -0.1) is 0 Å². The molecule has 1 amide bonds. The van der Waals surface area contributed by atoms with Crippen LogP contribution in [0, 0.1) is 11.6 Å². The predicted octanol–water partition coefficient (Wildman–Crippen LogP) is 3.76. The van der Waals surface area contributed by atoms with Crippen LogP contribution >= 0.6 is 0 Å². The summed E-state index contributed by atoms with van der Waals surface area (Å²) in [7, 11) is -3.58. The fourth-order valence-electron chi connectivity index (χ4n) is 1.78. The Morgan fingerprint density at radius 1 is 1.00 bits per heavy atom. The molecule has 5 nitrogen and oxygen atoms in total. The van der Waals surface area contributed by atoms with E-state index in [-0.39, 0.29) is 11.3 Å². The molecule has 0 fully saturated rings. The van der Waals surface area contributed by atoms with Gasteiger partial charge in [0, 0.05) is 17.3 Å². The lowest BCUT2D eigenvalue weighted by atomic mass is 10.2. The maximum Gasteiger partial charge on any atom is 0.255 e. The first kappa shape index (κ1) is 18.9. The van der Waals surface area contributed by atoms with E-state index in [9.17, 15) is 22.0 Å². The van der Waals surface area contributed by atoms with Crippen LogP contribution in [-0.2, 0) is 10.0 Å². The molecular weight excluding hydrogens is 350 g/mol. The Bertz CT molecular complexity index is 889. The zero-order chi connectivity index (χ0) is 18.8. The monoisotopic (exact) mass is 368 g/mol. The quantitative estimate of drug-likeness (QED) is 0.863. The molecule has 2 aromatic carbocycles. The fourth-order valence-corrected chi connectivity index (χ4v) is 2.54. The molecule has 0 unspecified atom stereocenters. The number of hydrogen-bond acceptors (Lipinski definition) is 3. The third-order valence-corrected chi connectivity index (χ3v) is 5.50. The lowest BCUT2D eigenvalue weighted by Crippen LogP contribution is -2.33. The molecule has 0 radical (unpaired) electrons. The molecule has 0 atom stereocenters. The highest BCUT2D eigenvalue weighted by Crippen LogP contribution is 2.21. The van der Waals surface area contributed by atoms with E-state index in [1.165, 1.54) is 24.3 Å². The van der Waals surface area contributed by atoms with Gasteiger partial charge in [-0.05, 0) is 57.2 Å². The first-order valence-corrected chi connectivity index (χ1v) is 8.87. The highest BCUT2D eigenvalue weighted by molar-refractivity contribution is 7.94. The number of sulfonamides is 1. The normalized spacial score (nSPS) is 11.9. The zero-order valence-corrected chi connectivity index (χ0v) is 14.7. The lowest BCUT2D eigenvalue weighted by molar-refractivity contribution is 0.102. The molecule has 2 aromatic rings. The van der Waals surface area contributed by atoms with E-state index >= 15 is 0 Å². The molecule has 0 aliphatic rings. The van der Waals surface area contributed by atoms with Gasteiger partial charge in [0.15, 0.2) is 0 Å². The third kappa shape index (κ3) is 4.54. The smallest absolute Gasteiger partial charge is 0.255 e. The van der Waals surface area contributed by atoms with Crippen molar-refractivity contribution in [3.63, 3.8) is 0 Å². The average molecular weight is 368 g/mol. The van der Waals surface area contributed by atoms with E-state index in [4.69, 9.17) is 0 Å². The minimum Gasteiger partial charge on any atom is -0.319 e. The Hall–Kier alpha value is -2.48. The van der Waals surface area contributed by atoms with Crippen LogP contribution in [0.3, 0.4) is 0 Å². The molecular formula is C17H18F2N2O3S. The topological polar surface area (TPSA) is 75.3 Å². The molecule has 0 aliphatic carbocycles. The Kier molecular flexibility index (Phi) is 5.12. The summed E-state index contributed by atoms with van der Waals surface area (Å²) in [6.07, 6.45) is 0. The highest BCUT2D eigenvalue weighted by atomic mass is 32.2. The summed E-state index contributed by atoms with van der Waals surface area (Å²) in [4.78, 5) is 12.1. The summed E-state index contributed by atoms with van der Waals surface area (Å²) < 4.78 is 52.0. The Morgan fingerprint density at radius 3 is 2.12 bits per heavy atom. The maximum absolute atomic E-state index is 13.6. The number of amides is 1.